The smallest absolute Gasteiger partial charge is 0.0825 e. The molecular formula is C6H13NOS. The third-order valence-corrected chi connectivity index (χ3v) is 2.19. The third kappa shape index (κ3) is 1.85. The number of thioether (sulfide) groups is 1. The molecule has 3 heteroatoms. The van der Waals surface area contributed by atoms with Gasteiger partial charge in [0.15, 0.2) is 0 Å². The van der Waals surface area contributed by atoms with E-state index in [0.717, 1.165) is 19.0 Å². The Morgan fingerprint density at radius 2 is 2.33 bits per heavy atom. The Hall–Kier alpha value is 0.270. The third-order valence-electron chi connectivity index (χ3n) is 1.57. The Morgan fingerprint density at radius 3 is 2.78 bits per heavy atom. The second-order valence-corrected chi connectivity index (χ2v) is 3.15. The van der Waals surface area contributed by atoms with E-state index in [4.69, 9.17) is 4.74 Å². The first kappa shape index (κ1) is 7.38. The zero-order valence-corrected chi connectivity index (χ0v) is 6.78. The molecule has 0 aromatic carbocycles. The molecule has 1 saturated heterocycles. The van der Waals surface area contributed by atoms with Crippen molar-refractivity contribution in [2.45, 2.75) is 6.10 Å². The average molecular weight is 147 g/mol. The summed E-state index contributed by atoms with van der Waals surface area (Å²) in [5, 5.41) is 0. The highest BCUT2D eigenvalue weighted by atomic mass is 32.2. The molecule has 54 valence electrons. The maximum Gasteiger partial charge on any atom is 0.0825 e. The molecule has 1 rings (SSSR count). The highest BCUT2D eigenvalue weighted by Gasteiger charge is 2.24. The van der Waals surface area contributed by atoms with Gasteiger partial charge in [-0.2, -0.15) is 0 Å². The van der Waals surface area contributed by atoms with Crippen LogP contribution in [0.4, 0.5) is 0 Å². The van der Waals surface area contributed by atoms with Gasteiger partial charge in [-0.3, -0.25) is 4.90 Å². The lowest BCUT2D eigenvalue weighted by atomic mass is 10.2. The van der Waals surface area contributed by atoms with Crippen molar-refractivity contribution < 1.29 is 4.74 Å². The molecule has 0 aromatic rings. The number of hydrogen-bond donors (Lipinski definition) is 0. The van der Waals surface area contributed by atoms with Gasteiger partial charge < -0.3 is 4.74 Å². The molecule has 1 aliphatic rings. The largest absolute Gasteiger partial charge is 0.379 e. The van der Waals surface area contributed by atoms with E-state index < -0.39 is 0 Å². The molecule has 0 atom stereocenters. The summed E-state index contributed by atoms with van der Waals surface area (Å²) in [5.74, 6) is 1.15. The molecule has 0 radical (unpaired) electrons. The highest BCUT2D eigenvalue weighted by molar-refractivity contribution is 7.98. The standard InChI is InChI=1S/C6H13NOS/c1-8-6-3-7(4-6)5-9-2/h6H,3-5H2,1-2H3. The summed E-state index contributed by atoms with van der Waals surface area (Å²) in [5.41, 5.74) is 0. The second-order valence-electron chi connectivity index (χ2n) is 2.31. The SMILES string of the molecule is COC1CN(CSC)C1. The van der Waals surface area contributed by atoms with E-state index in [1.54, 1.807) is 7.11 Å². The molecule has 0 aliphatic carbocycles. The quantitative estimate of drug-likeness (QED) is 0.581. The molecule has 9 heavy (non-hydrogen) atoms. The molecule has 1 fully saturated rings. The van der Waals surface area contributed by atoms with Gasteiger partial charge in [-0.25, -0.2) is 0 Å². The molecule has 0 aromatic heterocycles. The van der Waals surface area contributed by atoms with E-state index in [2.05, 4.69) is 11.2 Å². The zero-order chi connectivity index (χ0) is 6.69. The first-order chi connectivity index (χ1) is 4.36. The predicted molar refractivity (Wildman–Crippen MR) is 40.8 cm³/mol. The van der Waals surface area contributed by atoms with Crippen LogP contribution in [0.5, 0.6) is 0 Å². The van der Waals surface area contributed by atoms with Gasteiger partial charge in [0.1, 0.15) is 0 Å². The van der Waals surface area contributed by atoms with Crippen molar-refractivity contribution in [1.82, 2.24) is 4.90 Å². The van der Waals surface area contributed by atoms with Crippen molar-refractivity contribution in [2.24, 2.45) is 0 Å². The Kier molecular flexibility index (Phi) is 2.82. The van der Waals surface area contributed by atoms with E-state index in [1.807, 2.05) is 11.8 Å². The first-order valence-corrected chi connectivity index (χ1v) is 4.50. The van der Waals surface area contributed by atoms with Gasteiger partial charge in [0.2, 0.25) is 0 Å². The molecule has 1 aliphatic heterocycles. The van der Waals surface area contributed by atoms with Crippen LogP contribution in [0.25, 0.3) is 0 Å². The molecule has 2 nitrogen and oxygen atoms in total. The van der Waals surface area contributed by atoms with Gasteiger partial charge in [0, 0.05) is 26.1 Å². The van der Waals surface area contributed by atoms with Crippen molar-refractivity contribution in [3.05, 3.63) is 0 Å². The van der Waals surface area contributed by atoms with Gasteiger partial charge in [-0.1, -0.05) is 0 Å². The molecular weight excluding hydrogens is 134 g/mol. The lowest BCUT2D eigenvalue weighted by molar-refractivity contribution is -0.0188. The van der Waals surface area contributed by atoms with Crippen LogP contribution in [0.2, 0.25) is 0 Å². The Morgan fingerprint density at radius 1 is 1.67 bits per heavy atom. The van der Waals surface area contributed by atoms with Crippen molar-refractivity contribution in [1.29, 1.82) is 0 Å². The number of rotatable bonds is 3. The molecule has 0 unspecified atom stereocenters. The molecule has 1 heterocycles. The van der Waals surface area contributed by atoms with E-state index in [1.165, 1.54) is 0 Å². The minimum Gasteiger partial charge on any atom is -0.379 e. The molecule has 0 N–H and O–H groups in total. The number of nitrogens with zero attached hydrogens (tertiary/aromatic N) is 1. The molecule has 0 amide bonds. The molecule has 0 saturated carbocycles. The summed E-state index contributed by atoms with van der Waals surface area (Å²) in [7, 11) is 1.78. The van der Waals surface area contributed by atoms with Crippen LogP contribution in [-0.4, -0.2) is 43.3 Å². The van der Waals surface area contributed by atoms with Crippen LogP contribution in [0, 0.1) is 0 Å². The number of hydrogen-bond acceptors (Lipinski definition) is 3. The Balaban J connectivity index is 1.98. The van der Waals surface area contributed by atoms with Gasteiger partial charge in [-0.15, -0.1) is 11.8 Å². The Labute approximate surface area is 60.6 Å². The van der Waals surface area contributed by atoms with Crippen molar-refractivity contribution in [2.75, 3.05) is 32.3 Å². The summed E-state index contributed by atoms with van der Waals surface area (Å²) in [6.45, 7) is 2.24. The van der Waals surface area contributed by atoms with Gasteiger partial charge >= 0.3 is 0 Å². The normalized spacial score (nSPS) is 22.0. The maximum absolute atomic E-state index is 5.11. The summed E-state index contributed by atoms with van der Waals surface area (Å²) in [4.78, 5) is 2.37. The van der Waals surface area contributed by atoms with E-state index in [0.29, 0.717) is 6.10 Å². The fraction of sp³-hybridized carbons (Fsp3) is 1.00. The van der Waals surface area contributed by atoms with Crippen LogP contribution in [-0.2, 0) is 4.74 Å². The fourth-order valence-electron chi connectivity index (χ4n) is 0.960. The van der Waals surface area contributed by atoms with Crippen molar-refractivity contribution >= 4 is 11.8 Å². The van der Waals surface area contributed by atoms with Crippen LogP contribution in [0.3, 0.4) is 0 Å². The Bertz CT molecular complexity index is 83.1. The van der Waals surface area contributed by atoms with Gasteiger partial charge in [-0.05, 0) is 6.26 Å². The van der Waals surface area contributed by atoms with E-state index in [-0.39, 0.29) is 0 Å². The topological polar surface area (TPSA) is 12.5 Å². The molecule has 0 spiro atoms. The van der Waals surface area contributed by atoms with Crippen LogP contribution >= 0.6 is 11.8 Å². The van der Waals surface area contributed by atoms with Crippen molar-refractivity contribution in [3.63, 3.8) is 0 Å². The number of ether oxygens (including phenoxy) is 1. The van der Waals surface area contributed by atoms with Crippen LogP contribution in [0.15, 0.2) is 0 Å². The fourth-order valence-corrected chi connectivity index (χ4v) is 1.54. The van der Waals surface area contributed by atoms with Gasteiger partial charge in [0.25, 0.3) is 0 Å². The van der Waals surface area contributed by atoms with E-state index >= 15 is 0 Å². The van der Waals surface area contributed by atoms with Crippen molar-refractivity contribution in [3.8, 4) is 0 Å². The monoisotopic (exact) mass is 147 g/mol. The average Bonchev–Trinajstić information content (AvgIpc) is 1.77. The summed E-state index contributed by atoms with van der Waals surface area (Å²) >= 11 is 1.87. The van der Waals surface area contributed by atoms with E-state index in [9.17, 15) is 0 Å². The maximum atomic E-state index is 5.11. The predicted octanol–water partition coefficient (Wildman–Crippen LogP) is 0.638. The lowest BCUT2D eigenvalue weighted by Gasteiger charge is -2.37. The number of methoxy groups -OCH3 is 1. The molecule has 0 bridgehead atoms. The lowest BCUT2D eigenvalue weighted by Crippen LogP contribution is -2.51. The van der Waals surface area contributed by atoms with Crippen LogP contribution < -0.4 is 0 Å². The summed E-state index contributed by atoms with van der Waals surface area (Å²) < 4.78 is 5.11. The van der Waals surface area contributed by atoms with Gasteiger partial charge in [0.05, 0.1) is 6.10 Å². The first-order valence-electron chi connectivity index (χ1n) is 3.11. The zero-order valence-electron chi connectivity index (χ0n) is 5.96. The minimum absolute atomic E-state index is 0.511. The van der Waals surface area contributed by atoms with Crippen LogP contribution in [0.1, 0.15) is 0 Å². The number of likely N-dealkylation sites (tertiary alicyclic amines) is 1. The summed E-state index contributed by atoms with van der Waals surface area (Å²) in [6, 6.07) is 0. The summed E-state index contributed by atoms with van der Waals surface area (Å²) in [6.07, 6.45) is 2.64. The minimum atomic E-state index is 0.511. The highest BCUT2D eigenvalue weighted by Crippen LogP contribution is 2.12. The second kappa shape index (κ2) is 3.44.